The van der Waals surface area contributed by atoms with Gasteiger partial charge < -0.3 is 11.5 Å². The second-order valence-corrected chi connectivity index (χ2v) is 12.3. The van der Waals surface area contributed by atoms with Crippen LogP contribution >= 0.6 is 35.3 Å². The Labute approximate surface area is 265 Å². The number of nitriles is 1. The molecule has 2 heterocycles. The maximum atomic E-state index is 14.3. The molecule has 0 bridgehead atoms. The Morgan fingerprint density at radius 3 is 1.62 bits per heavy atom. The SMILES string of the molecule is Cc1cc(F)c(-n2nc(C)c(SC#N)c2N)cc1SCC(F)(F)F.Cc1cc(N)n(-c2cc(SCC(F)(F)F)c(C)cc2F)n1. The van der Waals surface area contributed by atoms with Crippen LogP contribution in [-0.4, -0.2) is 43.4 Å². The zero-order valence-electron chi connectivity index (χ0n) is 23.9. The number of aryl methyl sites for hydroxylation is 4. The van der Waals surface area contributed by atoms with Crippen molar-refractivity contribution >= 4 is 46.9 Å². The molecule has 0 aliphatic heterocycles. The Bertz CT molecular complexity index is 1720. The molecule has 0 amide bonds. The highest BCUT2D eigenvalue weighted by Crippen LogP contribution is 2.35. The third kappa shape index (κ3) is 9.47. The first-order valence-corrected chi connectivity index (χ1v) is 15.3. The van der Waals surface area contributed by atoms with Crippen molar-refractivity contribution in [3.8, 4) is 16.8 Å². The van der Waals surface area contributed by atoms with Crippen molar-refractivity contribution in [1.82, 2.24) is 19.6 Å². The van der Waals surface area contributed by atoms with E-state index < -0.39 is 35.5 Å². The molecule has 242 valence electrons. The minimum absolute atomic E-state index is 0.0378. The summed E-state index contributed by atoms with van der Waals surface area (Å²) in [6, 6.07) is 6.50. The van der Waals surface area contributed by atoms with Gasteiger partial charge in [0.25, 0.3) is 0 Å². The van der Waals surface area contributed by atoms with Crippen LogP contribution in [0.5, 0.6) is 0 Å². The number of nitrogens with zero attached hydrogens (tertiary/aromatic N) is 5. The third-order valence-corrected chi connectivity index (χ3v) is 9.02. The van der Waals surface area contributed by atoms with Gasteiger partial charge in [-0.15, -0.1) is 23.5 Å². The van der Waals surface area contributed by atoms with E-state index in [1.54, 1.807) is 26.8 Å². The topological polar surface area (TPSA) is 111 Å². The highest BCUT2D eigenvalue weighted by molar-refractivity contribution is 8.04. The maximum Gasteiger partial charge on any atom is 0.398 e. The van der Waals surface area contributed by atoms with Crippen LogP contribution < -0.4 is 11.5 Å². The van der Waals surface area contributed by atoms with Gasteiger partial charge in [-0.05, 0) is 74.8 Å². The lowest BCUT2D eigenvalue weighted by atomic mass is 10.2. The van der Waals surface area contributed by atoms with Crippen molar-refractivity contribution in [2.24, 2.45) is 0 Å². The van der Waals surface area contributed by atoms with Crippen LogP contribution in [0, 0.1) is 50.0 Å². The number of thiocyanates is 1. The number of alkyl halides is 6. The summed E-state index contributed by atoms with van der Waals surface area (Å²) in [6.07, 6.45) is -8.61. The first-order valence-electron chi connectivity index (χ1n) is 12.5. The maximum absolute atomic E-state index is 14.3. The highest BCUT2D eigenvalue weighted by Gasteiger charge is 2.29. The summed E-state index contributed by atoms with van der Waals surface area (Å²) in [5.41, 5.74) is 13.5. The molecular weight excluding hydrogens is 671 g/mol. The fourth-order valence-electron chi connectivity index (χ4n) is 3.84. The van der Waals surface area contributed by atoms with E-state index in [4.69, 9.17) is 16.7 Å². The molecule has 2 aromatic carbocycles. The van der Waals surface area contributed by atoms with Gasteiger partial charge in [0.2, 0.25) is 0 Å². The van der Waals surface area contributed by atoms with Gasteiger partial charge in [0, 0.05) is 15.9 Å². The van der Waals surface area contributed by atoms with Crippen molar-refractivity contribution in [2.45, 2.75) is 54.7 Å². The van der Waals surface area contributed by atoms with Crippen LogP contribution in [-0.2, 0) is 0 Å². The number of hydrogen-bond donors (Lipinski definition) is 2. The molecule has 0 spiro atoms. The Hall–Kier alpha value is -3.56. The number of benzene rings is 2. The molecule has 4 rings (SSSR count). The molecule has 0 saturated carbocycles. The molecule has 4 N–H and O–H groups in total. The average Bonchev–Trinajstić information content (AvgIpc) is 3.39. The zero-order chi connectivity index (χ0) is 33.9. The molecule has 0 aliphatic carbocycles. The van der Waals surface area contributed by atoms with Gasteiger partial charge in [-0.2, -0.15) is 41.8 Å². The minimum atomic E-state index is -4.33. The number of rotatable bonds is 7. The van der Waals surface area contributed by atoms with E-state index in [0.29, 0.717) is 55.8 Å². The molecule has 0 atom stereocenters. The molecular formula is C27H25F8N7S3. The molecule has 0 unspecified atom stereocenters. The smallest absolute Gasteiger partial charge is 0.384 e. The summed E-state index contributed by atoms with van der Waals surface area (Å²) in [4.78, 5) is 1.02. The van der Waals surface area contributed by atoms with E-state index in [1.807, 2.05) is 5.40 Å². The summed E-state index contributed by atoms with van der Waals surface area (Å²) in [6.45, 7) is 6.39. The molecule has 45 heavy (non-hydrogen) atoms. The molecule has 0 saturated heterocycles. The largest absolute Gasteiger partial charge is 0.398 e. The van der Waals surface area contributed by atoms with E-state index in [1.165, 1.54) is 29.8 Å². The minimum Gasteiger partial charge on any atom is -0.384 e. The zero-order valence-corrected chi connectivity index (χ0v) is 26.4. The van der Waals surface area contributed by atoms with Crippen molar-refractivity contribution in [2.75, 3.05) is 23.0 Å². The first-order chi connectivity index (χ1) is 20.8. The number of thioether (sulfide) groups is 3. The van der Waals surface area contributed by atoms with Crippen LogP contribution in [0.15, 0.2) is 45.0 Å². The number of anilines is 2. The van der Waals surface area contributed by atoms with Crippen LogP contribution in [0.3, 0.4) is 0 Å². The van der Waals surface area contributed by atoms with E-state index in [9.17, 15) is 35.1 Å². The van der Waals surface area contributed by atoms with Crippen LogP contribution in [0.4, 0.5) is 46.8 Å². The van der Waals surface area contributed by atoms with Gasteiger partial charge in [-0.3, -0.25) is 0 Å². The molecule has 0 radical (unpaired) electrons. The van der Waals surface area contributed by atoms with Crippen molar-refractivity contribution < 1.29 is 35.1 Å². The Balaban J connectivity index is 0.000000248. The normalized spacial score (nSPS) is 11.7. The predicted octanol–water partition coefficient (Wildman–Crippen LogP) is 8.30. The lowest BCUT2D eigenvalue weighted by molar-refractivity contribution is -0.106. The fraction of sp³-hybridized carbons (Fsp3) is 0.296. The van der Waals surface area contributed by atoms with Gasteiger partial charge in [0.05, 0.1) is 27.8 Å². The first kappa shape index (κ1) is 35.9. The fourth-order valence-corrected chi connectivity index (χ4v) is 5.91. The number of nitrogens with two attached hydrogens (primary N) is 2. The van der Waals surface area contributed by atoms with Gasteiger partial charge in [0.15, 0.2) is 0 Å². The molecule has 18 heteroatoms. The quantitative estimate of drug-likeness (QED) is 0.113. The Kier molecular flexibility index (Phi) is 11.4. The number of aromatic nitrogens is 4. The molecule has 2 aromatic heterocycles. The second kappa shape index (κ2) is 14.3. The van der Waals surface area contributed by atoms with Crippen LogP contribution in [0.25, 0.3) is 11.4 Å². The standard InChI is InChI=1S/C14H12F4N4S2.C13H13F4N3S/c1-7-3-9(15)10(4-11(7)23-5-14(16,17)18)22-13(20)12(24-6-19)8(2)21-22;1-7-3-9(14)10(20-12(18)4-8(2)19-20)5-11(7)21-6-13(15,16)17/h3-4H,5,20H2,1-2H3;3-5H,6,18H2,1-2H3. The number of hydrogen-bond acceptors (Lipinski definition) is 8. The third-order valence-electron chi connectivity index (χ3n) is 5.77. The van der Waals surface area contributed by atoms with Crippen molar-refractivity contribution in [3.63, 3.8) is 0 Å². The number of halogens is 8. The monoisotopic (exact) mass is 695 g/mol. The van der Waals surface area contributed by atoms with E-state index in [2.05, 4.69) is 10.2 Å². The van der Waals surface area contributed by atoms with Gasteiger partial charge in [-0.1, -0.05) is 0 Å². The lowest BCUT2D eigenvalue weighted by Crippen LogP contribution is -2.11. The predicted molar refractivity (Wildman–Crippen MR) is 160 cm³/mol. The lowest BCUT2D eigenvalue weighted by Gasteiger charge is -2.12. The number of nitrogen functional groups attached to an aromatic ring is 2. The molecule has 0 aliphatic rings. The Morgan fingerprint density at radius 1 is 0.756 bits per heavy atom. The van der Waals surface area contributed by atoms with Crippen LogP contribution in [0.2, 0.25) is 0 Å². The summed E-state index contributed by atoms with van der Waals surface area (Å²) < 4.78 is 105. The summed E-state index contributed by atoms with van der Waals surface area (Å²) in [7, 11) is 0. The molecule has 4 aromatic rings. The van der Waals surface area contributed by atoms with E-state index in [-0.39, 0.29) is 27.9 Å². The van der Waals surface area contributed by atoms with E-state index >= 15 is 0 Å². The van der Waals surface area contributed by atoms with Crippen molar-refractivity contribution in [3.05, 3.63) is 64.5 Å². The molecule has 0 fully saturated rings. The van der Waals surface area contributed by atoms with Gasteiger partial charge in [0.1, 0.15) is 40.0 Å². The van der Waals surface area contributed by atoms with Crippen LogP contribution in [0.1, 0.15) is 22.5 Å². The van der Waals surface area contributed by atoms with Crippen molar-refractivity contribution in [1.29, 1.82) is 5.26 Å². The summed E-state index contributed by atoms with van der Waals surface area (Å²) in [5.74, 6) is -3.07. The van der Waals surface area contributed by atoms with Gasteiger partial charge >= 0.3 is 12.4 Å². The van der Waals surface area contributed by atoms with Gasteiger partial charge in [-0.25, -0.2) is 18.1 Å². The second-order valence-electron chi connectivity index (χ2n) is 9.47. The highest BCUT2D eigenvalue weighted by atomic mass is 32.2. The summed E-state index contributed by atoms with van der Waals surface area (Å²) >= 11 is 1.97. The molecule has 7 nitrogen and oxygen atoms in total. The Morgan fingerprint density at radius 2 is 1.22 bits per heavy atom. The van der Waals surface area contributed by atoms with E-state index in [0.717, 1.165) is 22.5 Å². The summed E-state index contributed by atoms with van der Waals surface area (Å²) in [5, 5.41) is 18.8. The average molecular weight is 696 g/mol.